The Labute approximate surface area is 141 Å². The third-order valence-electron chi connectivity index (χ3n) is 2.89. The van der Waals surface area contributed by atoms with Crippen molar-refractivity contribution in [3.8, 4) is 0 Å². The minimum Gasteiger partial charge on any atom is -0.399 e. The second kappa shape index (κ2) is 6.66. The van der Waals surface area contributed by atoms with Crippen LogP contribution in [0.25, 0.3) is 0 Å². The molecule has 4 nitrogen and oxygen atoms in total. The predicted molar refractivity (Wildman–Crippen MR) is 91.2 cm³/mol. The molecule has 2 N–H and O–H groups in total. The molecular weight excluding hydrogens is 396 g/mol. The summed E-state index contributed by atoms with van der Waals surface area (Å²) in [5.41, 5.74) is 6.04. The summed E-state index contributed by atoms with van der Waals surface area (Å²) in [6.45, 7) is 2.47. The van der Waals surface area contributed by atoms with Crippen LogP contribution in [0.5, 0.6) is 0 Å². The third kappa shape index (κ3) is 3.78. The highest BCUT2D eigenvalue weighted by Crippen LogP contribution is 2.29. The average molecular weight is 410 g/mol. The molecule has 0 radical (unpaired) electrons. The van der Waals surface area contributed by atoms with Crippen molar-refractivity contribution in [1.82, 2.24) is 4.31 Å². The zero-order valence-electron chi connectivity index (χ0n) is 11.2. The lowest BCUT2D eigenvalue weighted by Gasteiger charge is -2.20. The Kier molecular flexibility index (Phi) is 5.32. The molecule has 0 bridgehead atoms. The number of benzene rings is 1. The first kappa shape index (κ1) is 16.8. The Hall–Kier alpha value is -0.600. The Bertz CT molecular complexity index is 746. The summed E-state index contributed by atoms with van der Waals surface area (Å²) < 4.78 is 27.8. The number of halogens is 2. The van der Waals surface area contributed by atoms with Gasteiger partial charge >= 0.3 is 0 Å². The highest BCUT2D eigenvalue weighted by Gasteiger charge is 2.26. The minimum absolute atomic E-state index is 0.0795. The summed E-state index contributed by atoms with van der Waals surface area (Å²) in [6.07, 6.45) is 0. The maximum atomic E-state index is 12.7. The molecule has 0 aliphatic carbocycles. The van der Waals surface area contributed by atoms with Crippen LogP contribution < -0.4 is 5.73 Å². The highest BCUT2D eigenvalue weighted by molar-refractivity contribution is 9.11. The van der Waals surface area contributed by atoms with E-state index < -0.39 is 10.0 Å². The molecule has 0 saturated carbocycles. The molecule has 114 valence electrons. The van der Waals surface area contributed by atoms with Crippen molar-refractivity contribution in [2.75, 3.05) is 12.3 Å². The standard InChI is InChI=1S/C13H14BrClN2O2S2/c1-2-17(8-10-4-6-13(14)20-10)21(18,19)12-5-3-9(16)7-11(12)15/h3-7H,2,8,16H2,1H3. The largest absolute Gasteiger partial charge is 0.399 e. The normalized spacial score (nSPS) is 12.0. The summed E-state index contributed by atoms with van der Waals surface area (Å²) in [4.78, 5) is 1.04. The molecule has 0 spiro atoms. The van der Waals surface area contributed by atoms with Crippen LogP contribution in [-0.4, -0.2) is 19.3 Å². The molecule has 21 heavy (non-hydrogen) atoms. The molecule has 1 aromatic carbocycles. The van der Waals surface area contributed by atoms with Gasteiger partial charge in [0.1, 0.15) is 4.90 Å². The Morgan fingerprint density at radius 2 is 2.05 bits per heavy atom. The fourth-order valence-electron chi connectivity index (χ4n) is 1.84. The van der Waals surface area contributed by atoms with E-state index in [2.05, 4.69) is 15.9 Å². The smallest absolute Gasteiger partial charge is 0.244 e. The van der Waals surface area contributed by atoms with Gasteiger partial charge in [-0.1, -0.05) is 18.5 Å². The summed E-state index contributed by atoms with van der Waals surface area (Å²) in [5.74, 6) is 0. The lowest BCUT2D eigenvalue weighted by molar-refractivity contribution is 0.426. The number of sulfonamides is 1. The van der Waals surface area contributed by atoms with Gasteiger partial charge in [-0.25, -0.2) is 8.42 Å². The lowest BCUT2D eigenvalue weighted by atomic mass is 10.3. The van der Waals surface area contributed by atoms with Crippen molar-refractivity contribution in [3.05, 3.63) is 44.0 Å². The van der Waals surface area contributed by atoms with E-state index in [1.807, 2.05) is 12.1 Å². The lowest BCUT2D eigenvalue weighted by Crippen LogP contribution is -2.30. The topological polar surface area (TPSA) is 63.4 Å². The minimum atomic E-state index is -3.65. The Morgan fingerprint density at radius 3 is 2.57 bits per heavy atom. The van der Waals surface area contributed by atoms with Crippen LogP contribution in [-0.2, 0) is 16.6 Å². The van der Waals surface area contributed by atoms with E-state index in [1.54, 1.807) is 6.92 Å². The van der Waals surface area contributed by atoms with Gasteiger partial charge < -0.3 is 5.73 Å². The molecule has 0 unspecified atom stereocenters. The molecule has 0 atom stereocenters. The monoisotopic (exact) mass is 408 g/mol. The van der Waals surface area contributed by atoms with Crippen LogP contribution in [0.1, 0.15) is 11.8 Å². The second-order valence-corrected chi connectivity index (χ2v) is 9.19. The first-order valence-corrected chi connectivity index (χ1v) is 9.56. The van der Waals surface area contributed by atoms with E-state index in [4.69, 9.17) is 17.3 Å². The van der Waals surface area contributed by atoms with Gasteiger partial charge in [0.05, 0.1) is 8.81 Å². The van der Waals surface area contributed by atoms with Crippen LogP contribution in [0.3, 0.4) is 0 Å². The van der Waals surface area contributed by atoms with Crippen LogP contribution in [0.15, 0.2) is 39.0 Å². The van der Waals surface area contributed by atoms with Gasteiger partial charge in [-0.3, -0.25) is 0 Å². The van der Waals surface area contributed by atoms with Gasteiger partial charge in [0.2, 0.25) is 10.0 Å². The fraction of sp³-hybridized carbons (Fsp3) is 0.231. The maximum absolute atomic E-state index is 12.7. The number of nitrogens with two attached hydrogens (primary N) is 1. The summed E-state index contributed by atoms with van der Waals surface area (Å²) >= 11 is 10.9. The molecule has 8 heteroatoms. The summed E-state index contributed by atoms with van der Waals surface area (Å²) in [5, 5.41) is 0.140. The van der Waals surface area contributed by atoms with E-state index in [0.717, 1.165) is 8.66 Å². The van der Waals surface area contributed by atoms with Crippen molar-refractivity contribution in [2.24, 2.45) is 0 Å². The molecule has 0 aliphatic heterocycles. The number of anilines is 1. The number of nitrogen functional groups attached to an aromatic ring is 1. The number of rotatable bonds is 5. The zero-order chi connectivity index (χ0) is 15.6. The van der Waals surface area contributed by atoms with Gasteiger partial charge in [-0.05, 0) is 46.3 Å². The van der Waals surface area contributed by atoms with Gasteiger partial charge in [0.25, 0.3) is 0 Å². The van der Waals surface area contributed by atoms with Gasteiger partial charge in [0, 0.05) is 23.7 Å². The first-order valence-electron chi connectivity index (χ1n) is 6.14. The summed E-state index contributed by atoms with van der Waals surface area (Å²) in [6, 6.07) is 8.23. The van der Waals surface area contributed by atoms with Crippen molar-refractivity contribution in [2.45, 2.75) is 18.4 Å². The van der Waals surface area contributed by atoms with Crippen LogP contribution in [0.4, 0.5) is 5.69 Å². The molecule has 0 saturated heterocycles. The van der Waals surface area contributed by atoms with Crippen molar-refractivity contribution in [3.63, 3.8) is 0 Å². The van der Waals surface area contributed by atoms with E-state index >= 15 is 0 Å². The Balaban J connectivity index is 2.35. The number of hydrogen-bond donors (Lipinski definition) is 1. The summed E-state index contributed by atoms with van der Waals surface area (Å²) in [7, 11) is -3.65. The highest BCUT2D eigenvalue weighted by atomic mass is 79.9. The van der Waals surface area contributed by atoms with E-state index in [9.17, 15) is 8.42 Å². The van der Waals surface area contributed by atoms with Crippen LogP contribution in [0.2, 0.25) is 5.02 Å². The molecule has 0 fully saturated rings. The van der Waals surface area contributed by atoms with E-state index in [-0.39, 0.29) is 9.92 Å². The maximum Gasteiger partial charge on any atom is 0.244 e. The van der Waals surface area contributed by atoms with Gasteiger partial charge in [-0.15, -0.1) is 11.3 Å². The van der Waals surface area contributed by atoms with E-state index in [1.165, 1.54) is 33.8 Å². The fourth-order valence-corrected chi connectivity index (χ4v) is 5.38. The van der Waals surface area contributed by atoms with Gasteiger partial charge in [-0.2, -0.15) is 4.31 Å². The quantitative estimate of drug-likeness (QED) is 0.760. The molecule has 2 rings (SSSR count). The van der Waals surface area contributed by atoms with Crippen molar-refractivity contribution >= 4 is 54.6 Å². The molecule has 0 amide bonds. The number of thiophene rings is 1. The average Bonchev–Trinajstić information content (AvgIpc) is 2.80. The molecular formula is C13H14BrClN2O2S2. The zero-order valence-corrected chi connectivity index (χ0v) is 15.2. The molecule has 0 aliphatic rings. The van der Waals surface area contributed by atoms with Crippen LogP contribution >= 0.6 is 38.9 Å². The van der Waals surface area contributed by atoms with Crippen LogP contribution in [0, 0.1) is 0 Å². The Morgan fingerprint density at radius 1 is 1.33 bits per heavy atom. The molecule has 1 heterocycles. The van der Waals surface area contributed by atoms with Gasteiger partial charge in [0.15, 0.2) is 0 Å². The third-order valence-corrected chi connectivity index (χ3v) is 6.90. The predicted octanol–water partition coefficient (Wildman–Crippen LogP) is 3.96. The SMILES string of the molecule is CCN(Cc1ccc(Br)s1)S(=O)(=O)c1ccc(N)cc1Cl. The first-order chi connectivity index (χ1) is 9.84. The second-order valence-electron chi connectivity index (χ2n) is 4.33. The van der Waals surface area contributed by atoms with Crippen molar-refractivity contribution in [1.29, 1.82) is 0 Å². The van der Waals surface area contributed by atoms with E-state index in [0.29, 0.717) is 18.8 Å². The molecule has 1 aromatic heterocycles. The molecule has 2 aromatic rings. The number of nitrogens with zero attached hydrogens (tertiary/aromatic N) is 1. The van der Waals surface area contributed by atoms with Crippen molar-refractivity contribution < 1.29 is 8.42 Å². The number of hydrogen-bond acceptors (Lipinski definition) is 4.